The number of nitrogens with zero attached hydrogens (tertiary/aromatic N) is 1. The lowest BCUT2D eigenvalue weighted by atomic mass is 9.68. The molecule has 0 aromatic heterocycles. The molecule has 2 saturated carbocycles. The largest absolute Gasteiger partial charge is 0.399 e. The zero-order chi connectivity index (χ0) is 14.2. The van der Waals surface area contributed by atoms with E-state index >= 15 is 0 Å². The van der Waals surface area contributed by atoms with E-state index in [4.69, 9.17) is 5.73 Å². The first-order valence-electron chi connectivity index (χ1n) is 8.97. The van der Waals surface area contributed by atoms with Crippen molar-refractivity contribution in [3.05, 3.63) is 24.3 Å². The van der Waals surface area contributed by atoms with Gasteiger partial charge in [-0.2, -0.15) is 0 Å². The second kappa shape index (κ2) is 5.55. The maximum atomic E-state index is 5.90. The van der Waals surface area contributed by atoms with Crippen LogP contribution in [0.2, 0.25) is 0 Å². The van der Waals surface area contributed by atoms with Gasteiger partial charge in [-0.1, -0.05) is 25.7 Å². The smallest absolute Gasteiger partial charge is 0.0372 e. The van der Waals surface area contributed by atoms with Gasteiger partial charge in [-0.3, -0.25) is 0 Å². The van der Waals surface area contributed by atoms with Crippen molar-refractivity contribution in [3.8, 4) is 0 Å². The number of rotatable bonds is 1. The number of nitrogen functional groups attached to an aromatic ring is 1. The van der Waals surface area contributed by atoms with Crippen molar-refractivity contribution in [1.29, 1.82) is 0 Å². The Labute approximate surface area is 128 Å². The number of piperidine rings is 1. The van der Waals surface area contributed by atoms with Crippen molar-refractivity contribution in [2.24, 2.45) is 11.8 Å². The van der Waals surface area contributed by atoms with Crippen molar-refractivity contribution >= 4 is 11.4 Å². The molecule has 0 bridgehead atoms. The number of hydrogen-bond donors (Lipinski definition) is 1. The fourth-order valence-electron chi connectivity index (χ4n) is 5.32. The summed E-state index contributed by atoms with van der Waals surface area (Å²) in [6, 6.07) is 10.3. The van der Waals surface area contributed by atoms with Crippen LogP contribution in [0, 0.1) is 11.8 Å². The molecule has 3 aliphatic rings. The van der Waals surface area contributed by atoms with Crippen molar-refractivity contribution in [2.75, 3.05) is 10.6 Å². The molecule has 4 unspecified atom stereocenters. The Kier molecular flexibility index (Phi) is 3.56. The summed E-state index contributed by atoms with van der Waals surface area (Å²) in [5.74, 6) is 1.88. The number of benzene rings is 1. The van der Waals surface area contributed by atoms with Crippen LogP contribution in [0.1, 0.15) is 57.8 Å². The molecule has 2 N–H and O–H groups in total. The quantitative estimate of drug-likeness (QED) is 0.764. The first-order chi connectivity index (χ1) is 10.3. The Morgan fingerprint density at radius 1 is 0.762 bits per heavy atom. The molecule has 1 aromatic rings. The fourth-order valence-corrected chi connectivity index (χ4v) is 5.32. The third kappa shape index (κ3) is 2.43. The number of hydrogen-bond acceptors (Lipinski definition) is 2. The SMILES string of the molecule is Nc1ccc(N2C3CCCCC3CC3CCCCC32)cc1. The highest BCUT2D eigenvalue weighted by Crippen LogP contribution is 2.47. The minimum absolute atomic E-state index is 0.793. The highest BCUT2D eigenvalue weighted by Gasteiger charge is 2.44. The monoisotopic (exact) mass is 284 g/mol. The predicted octanol–water partition coefficient (Wildman–Crippen LogP) is 4.60. The topological polar surface area (TPSA) is 29.3 Å². The lowest BCUT2D eigenvalue weighted by Crippen LogP contribution is -2.57. The molecule has 114 valence electrons. The van der Waals surface area contributed by atoms with Crippen molar-refractivity contribution < 1.29 is 0 Å². The molecule has 3 fully saturated rings. The van der Waals surface area contributed by atoms with E-state index in [1.54, 1.807) is 0 Å². The van der Waals surface area contributed by atoms with Gasteiger partial charge in [0.1, 0.15) is 0 Å². The first-order valence-corrected chi connectivity index (χ1v) is 8.97. The number of nitrogens with two attached hydrogens (primary N) is 1. The summed E-state index contributed by atoms with van der Waals surface area (Å²) in [7, 11) is 0. The van der Waals surface area contributed by atoms with Gasteiger partial charge < -0.3 is 10.6 Å². The van der Waals surface area contributed by atoms with Crippen LogP contribution in [0.25, 0.3) is 0 Å². The van der Waals surface area contributed by atoms with Gasteiger partial charge in [0, 0.05) is 23.5 Å². The van der Waals surface area contributed by atoms with Crippen LogP contribution >= 0.6 is 0 Å². The van der Waals surface area contributed by atoms with Gasteiger partial charge in [0.2, 0.25) is 0 Å². The van der Waals surface area contributed by atoms with Crippen LogP contribution < -0.4 is 10.6 Å². The van der Waals surface area contributed by atoms with E-state index in [0.29, 0.717) is 0 Å². The van der Waals surface area contributed by atoms with Gasteiger partial charge >= 0.3 is 0 Å². The average molecular weight is 284 g/mol. The molecule has 2 nitrogen and oxygen atoms in total. The normalized spacial score (nSPS) is 35.9. The van der Waals surface area contributed by atoms with Crippen LogP contribution in [0.15, 0.2) is 24.3 Å². The summed E-state index contributed by atoms with van der Waals surface area (Å²) in [5.41, 5.74) is 8.22. The lowest BCUT2D eigenvalue weighted by molar-refractivity contribution is 0.129. The van der Waals surface area contributed by atoms with Gasteiger partial charge in [0.05, 0.1) is 0 Å². The van der Waals surface area contributed by atoms with Gasteiger partial charge in [-0.25, -0.2) is 0 Å². The predicted molar refractivity (Wildman–Crippen MR) is 89.4 cm³/mol. The summed E-state index contributed by atoms with van der Waals surface area (Å²) in [4.78, 5) is 2.83. The Balaban J connectivity index is 1.69. The molecule has 2 aliphatic carbocycles. The van der Waals surface area contributed by atoms with Gasteiger partial charge in [0.15, 0.2) is 0 Å². The van der Waals surface area contributed by atoms with E-state index in [0.717, 1.165) is 29.6 Å². The molecule has 4 atom stereocenters. The molecule has 21 heavy (non-hydrogen) atoms. The zero-order valence-corrected chi connectivity index (χ0v) is 13.0. The molecule has 4 rings (SSSR count). The van der Waals surface area contributed by atoms with Crippen LogP contribution in [-0.4, -0.2) is 12.1 Å². The molecular weight excluding hydrogens is 256 g/mol. The number of fused-ring (bicyclic) bond motifs is 2. The van der Waals surface area contributed by atoms with E-state index in [9.17, 15) is 0 Å². The van der Waals surface area contributed by atoms with Crippen LogP contribution in [0.4, 0.5) is 11.4 Å². The summed E-state index contributed by atoms with van der Waals surface area (Å²) >= 11 is 0. The second-order valence-corrected chi connectivity index (χ2v) is 7.46. The minimum Gasteiger partial charge on any atom is -0.399 e. The van der Waals surface area contributed by atoms with E-state index in [2.05, 4.69) is 29.2 Å². The Bertz CT molecular complexity index is 459. The van der Waals surface area contributed by atoms with E-state index in [1.165, 1.54) is 63.5 Å². The second-order valence-electron chi connectivity index (χ2n) is 7.46. The Hall–Kier alpha value is -1.18. The molecule has 1 aromatic carbocycles. The minimum atomic E-state index is 0.793. The van der Waals surface area contributed by atoms with E-state index < -0.39 is 0 Å². The van der Waals surface area contributed by atoms with Crippen LogP contribution in [-0.2, 0) is 0 Å². The highest BCUT2D eigenvalue weighted by molar-refractivity contribution is 5.55. The van der Waals surface area contributed by atoms with Crippen LogP contribution in [0.3, 0.4) is 0 Å². The molecule has 0 amide bonds. The third-order valence-electron chi connectivity index (χ3n) is 6.25. The van der Waals surface area contributed by atoms with Crippen molar-refractivity contribution in [1.82, 2.24) is 0 Å². The van der Waals surface area contributed by atoms with E-state index in [-0.39, 0.29) is 0 Å². The molecule has 0 radical (unpaired) electrons. The molecule has 1 saturated heterocycles. The molecule has 1 aliphatic heterocycles. The first kappa shape index (κ1) is 13.5. The molecule has 0 spiro atoms. The maximum absolute atomic E-state index is 5.90. The van der Waals surface area contributed by atoms with Gasteiger partial charge in [-0.15, -0.1) is 0 Å². The lowest BCUT2D eigenvalue weighted by Gasteiger charge is -2.55. The number of anilines is 2. The standard InChI is InChI=1S/C19H28N2/c20-16-9-11-17(12-10-16)21-18-7-3-1-5-14(18)13-15-6-2-4-8-19(15)21/h9-12,14-15,18-19H,1-8,13,20H2. The average Bonchev–Trinajstić information content (AvgIpc) is 2.53. The molecule has 2 heteroatoms. The van der Waals surface area contributed by atoms with Gasteiger partial charge in [-0.05, 0) is 68.2 Å². The van der Waals surface area contributed by atoms with Crippen LogP contribution in [0.5, 0.6) is 0 Å². The van der Waals surface area contributed by atoms with Crippen molar-refractivity contribution in [3.63, 3.8) is 0 Å². The maximum Gasteiger partial charge on any atom is 0.0372 e. The Morgan fingerprint density at radius 3 is 1.86 bits per heavy atom. The third-order valence-corrected chi connectivity index (χ3v) is 6.25. The summed E-state index contributed by atoms with van der Waals surface area (Å²) < 4.78 is 0. The molecular formula is C19H28N2. The summed E-state index contributed by atoms with van der Waals surface area (Å²) in [6.45, 7) is 0. The highest BCUT2D eigenvalue weighted by atomic mass is 15.2. The molecule has 1 heterocycles. The fraction of sp³-hybridized carbons (Fsp3) is 0.684. The zero-order valence-electron chi connectivity index (χ0n) is 13.0. The van der Waals surface area contributed by atoms with E-state index in [1.807, 2.05) is 0 Å². The summed E-state index contributed by atoms with van der Waals surface area (Å²) in [6.07, 6.45) is 13.0. The van der Waals surface area contributed by atoms with Crippen molar-refractivity contribution in [2.45, 2.75) is 69.9 Å². The Morgan fingerprint density at radius 2 is 1.29 bits per heavy atom. The van der Waals surface area contributed by atoms with Gasteiger partial charge in [0.25, 0.3) is 0 Å². The summed E-state index contributed by atoms with van der Waals surface area (Å²) in [5, 5.41) is 0.